The standard InChI is InChI=1S/C32H36N2O5/c1-20(35)39-32-15-14-24(33(2)27(37)13-10-21-6-4-3-5-7-21)30-31(32)16-17-34(19-22-8-9-22)26(32)18-23-11-12-25(36)29(38-30)28(23)31/h3-7,10-13,22,24,26,30,36H,8-9,14-19H2,1-2H3. The fourth-order valence-electron chi connectivity index (χ4n) is 8.30. The number of hydrogen-bond donors (Lipinski definition) is 1. The lowest BCUT2D eigenvalue weighted by molar-refractivity contribution is -0.223. The molecule has 7 rings (SSSR count). The van der Waals surface area contributed by atoms with Crippen LogP contribution in [-0.4, -0.2) is 70.7 Å². The predicted molar refractivity (Wildman–Crippen MR) is 146 cm³/mol. The van der Waals surface area contributed by atoms with Gasteiger partial charge in [0.05, 0.1) is 17.5 Å². The maximum absolute atomic E-state index is 13.5. The molecule has 5 aliphatic rings. The Hall–Kier alpha value is -3.32. The summed E-state index contributed by atoms with van der Waals surface area (Å²) in [6, 6.07) is 13.4. The Morgan fingerprint density at radius 2 is 1.95 bits per heavy atom. The summed E-state index contributed by atoms with van der Waals surface area (Å²) in [5, 5.41) is 11.0. The first-order valence-corrected chi connectivity index (χ1v) is 14.3. The van der Waals surface area contributed by atoms with Crippen LogP contribution in [0.3, 0.4) is 0 Å². The smallest absolute Gasteiger partial charge is 0.303 e. The third-order valence-corrected chi connectivity index (χ3v) is 10.1. The molecule has 204 valence electrons. The minimum atomic E-state index is -0.761. The largest absolute Gasteiger partial charge is 0.504 e. The number of ether oxygens (including phenoxy) is 2. The number of phenols is 1. The SMILES string of the molecule is CC(=O)OC12CCC(N(C)C(=O)C=Cc3ccccc3)C3Oc4c(O)ccc5c4C31CCN(CC1CC1)C2C5. The fourth-order valence-corrected chi connectivity index (χ4v) is 8.30. The number of hydrogen-bond acceptors (Lipinski definition) is 6. The van der Waals surface area contributed by atoms with Crippen molar-refractivity contribution in [2.24, 2.45) is 5.92 Å². The summed E-state index contributed by atoms with van der Waals surface area (Å²) in [4.78, 5) is 30.6. The van der Waals surface area contributed by atoms with Gasteiger partial charge in [-0.2, -0.15) is 0 Å². The third-order valence-electron chi connectivity index (χ3n) is 10.1. The molecule has 0 radical (unpaired) electrons. The number of carbonyl (C=O) groups is 2. The number of esters is 1. The quantitative estimate of drug-likeness (QED) is 0.450. The van der Waals surface area contributed by atoms with E-state index in [4.69, 9.17) is 9.47 Å². The van der Waals surface area contributed by atoms with E-state index in [0.717, 1.165) is 48.5 Å². The average molecular weight is 529 g/mol. The zero-order valence-electron chi connectivity index (χ0n) is 22.6. The van der Waals surface area contributed by atoms with Gasteiger partial charge in [0.2, 0.25) is 5.91 Å². The van der Waals surface area contributed by atoms with Crippen LogP contribution in [0.1, 0.15) is 55.7 Å². The fraction of sp³-hybridized carbons (Fsp3) is 0.500. The molecule has 2 bridgehead atoms. The molecule has 0 aromatic heterocycles. The van der Waals surface area contributed by atoms with Crippen molar-refractivity contribution in [1.82, 2.24) is 9.80 Å². The van der Waals surface area contributed by atoms with Gasteiger partial charge in [-0.3, -0.25) is 14.5 Å². The van der Waals surface area contributed by atoms with Crippen LogP contribution in [0.5, 0.6) is 11.5 Å². The summed E-state index contributed by atoms with van der Waals surface area (Å²) in [6.07, 6.45) is 8.39. The van der Waals surface area contributed by atoms with Gasteiger partial charge in [-0.15, -0.1) is 0 Å². The summed E-state index contributed by atoms with van der Waals surface area (Å²) < 4.78 is 13.2. The van der Waals surface area contributed by atoms with Crippen LogP contribution in [-0.2, 0) is 26.2 Å². The molecule has 2 saturated carbocycles. The highest BCUT2D eigenvalue weighted by Gasteiger charge is 2.75. The Labute approximate surface area is 229 Å². The van der Waals surface area contributed by atoms with E-state index in [1.807, 2.05) is 49.5 Å². The summed E-state index contributed by atoms with van der Waals surface area (Å²) in [5.41, 5.74) is 1.75. The highest BCUT2D eigenvalue weighted by atomic mass is 16.6. The predicted octanol–water partition coefficient (Wildman–Crippen LogP) is 4.07. The average Bonchev–Trinajstić information content (AvgIpc) is 3.67. The Balaban J connectivity index is 1.31. The Morgan fingerprint density at radius 1 is 1.15 bits per heavy atom. The Bertz CT molecular complexity index is 1350. The molecule has 2 aromatic carbocycles. The number of likely N-dealkylation sites (tertiary alicyclic amines) is 1. The molecule has 1 amide bonds. The maximum Gasteiger partial charge on any atom is 0.303 e. The number of nitrogens with zero attached hydrogens (tertiary/aromatic N) is 2. The van der Waals surface area contributed by atoms with Gasteiger partial charge in [-0.05, 0) is 74.3 Å². The first-order chi connectivity index (χ1) is 18.8. The first kappa shape index (κ1) is 24.7. The molecule has 3 aliphatic carbocycles. The van der Waals surface area contributed by atoms with E-state index in [2.05, 4.69) is 4.90 Å². The topological polar surface area (TPSA) is 79.3 Å². The molecule has 1 N–H and O–H groups in total. The van der Waals surface area contributed by atoms with E-state index in [0.29, 0.717) is 18.6 Å². The van der Waals surface area contributed by atoms with Crippen LogP contribution in [0.4, 0.5) is 0 Å². The normalized spacial score (nSPS) is 32.4. The lowest BCUT2D eigenvalue weighted by Crippen LogP contribution is -2.79. The number of aromatic hydroxyl groups is 1. The van der Waals surface area contributed by atoms with Gasteiger partial charge in [0.1, 0.15) is 11.7 Å². The summed E-state index contributed by atoms with van der Waals surface area (Å²) in [6.45, 7) is 3.42. The van der Waals surface area contributed by atoms with Crippen molar-refractivity contribution in [2.45, 2.75) is 74.7 Å². The molecule has 5 atom stereocenters. The van der Waals surface area contributed by atoms with E-state index >= 15 is 0 Å². The summed E-state index contributed by atoms with van der Waals surface area (Å²) >= 11 is 0. The number of phenolic OH excluding ortho intramolecular Hbond substituents is 1. The molecular formula is C32H36N2O5. The van der Waals surface area contributed by atoms with Crippen molar-refractivity contribution < 1.29 is 24.2 Å². The second-order valence-electron chi connectivity index (χ2n) is 12.1. The highest BCUT2D eigenvalue weighted by molar-refractivity contribution is 5.92. The van der Waals surface area contributed by atoms with Crippen LogP contribution in [0.2, 0.25) is 0 Å². The van der Waals surface area contributed by atoms with E-state index in [-0.39, 0.29) is 29.7 Å². The minimum absolute atomic E-state index is 0.0461. The number of piperidine rings is 1. The Kier molecular flexibility index (Phi) is 5.60. The molecule has 1 spiro atoms. The third kappa shape index (κ3) is 3.58. The molecule has 2 aliphatic heterocycles. The van der Waals surface area contributed by atoms with E-state index in [1.165, 1.54) is 19.8 Å². The molecular weight excluding hydrogens is 492 g/mol. The second-order valence-corrected chi connectivity index (χ2v) is 12.1. The molecule has 3 fully saturated rings. The van der Waals surface area contributed by atoms with Gasteiger partial charge in [0.15, 0.2) is 11.5 Å². The summed E-state index contributed by atoms with van der Waals surface area (Å²) in [7, 11) is 1.84. The second kappa shape index (κ2) is 8.85. The van der Waals surface area contributed by atoms with Crippen LogP contribution in [0.25, 0.3) is 6.08 Å². The molecule has 1 saturated heterocycles. The van der Waals surface area contributed by atoms with Crippen molar-refractivity contribution in [3.63, 3.8) is 0 Å². The molecule has 2 aromatic rings. The van der Waals surface area contributed by atoms with Crippen molar-refractivity contribution in [2.75, 3.05) is 20.1 Å². The zero-order chi connectivity index (χ0) is 26.9. The van der Waals surface area contributed by atoms with Gasteiger partial charge in [-0.25, -0.2) is 0 Å². The number of amides is 1. The van der Waals surface area contributed by atoms with Gasteiger partial charge in [-0.1, -0.05) is 36.4 Å². The van der Waals surface area contributed by atoms with E-state index in [9.17, 15) is 14.7 Å². The monoisotopic (exact) mass is 528 g/mol. The van der Waals surface area contributed by atoms with Crippen LogP contribution >= 0.6 is 0 Å². The molecule has 2 heterocycles. The molecule has 7 nitrogen and oxygen atoms in total. The number of rotatable bonds is 6. The van der Waals surface area contributed by atoms with Crippen molar-refractivity contribution >= 4 is 18.0 Å². The minimum Gasteiger partial charge on any atom is -0.504 e. The number of likely N-dealkylation sites (N-methyl/N-ethyl adjacent to an activating group) is 1. The number of benzene rings is 2. The van der Waals surface area contributed by atoms with Gasteiger partial charge >= 0.3 is 5.97 Å². The molecule has 5 unspecified atom stereocenters. The van der Waals surface area contributed by atoms with Gasteiger partial charge in [0, 0.05) is 32.2 Å². The van der Waals surface area contributed by atoms with Gasteiger partial charge < -0.3 is 19.5 Å². The zero-order valence-corrected chi connectivity index (χ0v) is 22.6. The number of carbonyl (C=O) groups excluding carboxylic acids is 2. The van der Waals surface area contributed by atoms with Crippen LogP contribution in [0, 0.1) is 5.92 Å². The van der Waals surface area contributed by atoms with Gasteiger partial charge in [0.25, 0.3) is 0 Å². The van der Waals surface area contributed by atoms with Crippen molar-refractivity contribution in [3.8, 4) is 11.5 Å². The molecule has 39 heavy (non-hydrogen) atoms. The lowest BCUT2D eigenvalue weighted by Gasteiger charge is -2.65. The summed E-state index contributed by atoms with van der Waals surface area (Å²) in [5.74, 6) is 0.970. The maximum atomic E-state index is 13.5. The van der Waals surface area contributed by atoms with Crippen molar-refractivity contribution in [1.29, 1.82) is 0 Å². The van der Waals surface area contributed by atoms with Crippen LogP contribution < -0.4 is 4.74 Å². The lowest BCUT2D eigenvalue weighted by atomic mass is 9.48. The highest BCUT2D eigenvalue weighted by Crippen LogP contribution is 2.67. The van der Waals surface area contributed by atoms with Crippen molar-refractivity contribution in [3.05, 3.63) is 65.2 Å². The van der Waals surface area contributed by atoms with E-state index < -0.39 is 17.1 Å². The van der Waals surface area contributed by atoms with E-state index in [1.54, 1.807) is 17.0 Å². The Morgan fingerprint density at radius 3 is 2.69 bits per heavy atom. The first-order valence-electron chi connectivity index (χ1n) is 14.3. The molecule has 7 heteroatoms. The van der Waals surface area contributed by atoms with Crippen LogP contribution in [0.15, 0.2) is 48.5 Å².